The van der Waals surface area contributed by atoms with Crippen LogP contribution in [0, 0.1) is 0 Å². The number of hydrogen-bond donors (Lipinski definition) is 1. The second-order valence-corrected chi connectivity index (χ2v) is 2.31. The van der Waals surface area contributed by atoms with E-state index >= 15 is 0 Å². The average molecular weight is 167 g/mol. The van der Waals surface area contributed by atoms with Gasteiger partial charge in [-0.25, -0.2) is 0 Å². The molecule has 12 heavy (non-hydrogen) atoms. The predicted octanol–water partition coefficient (Wildman–Crippen LogP) is 1.87. The van der Waals surface area contributed by atoms with Gasteiger partial charge < -0.3 is 10.1 Å². The fourth-order valence-corrected chi connectivity index (χ4v) is 0.850. The van der Waals surface area contributed by atoms with Gasteiger partial charge >= 0.3 is 0 Å². The molecule has 68 valence electrons. The monoisotopic (exact) mass is 167 g/mol. The van der Waals surface area contributed by atoms with E-state index in [1.54, 1.807) is 6.08 Å². The van der Waals surface area contributed by atoms with Gasteiger partial charge in [0.25, 0.3) is 0 Å². The van der Waals surface area contributed by atoms with Crippen molar-refractivity contribution in [2.75, 3.05) is 20.2 Å². The van der Waals surface area contributed by atoms with Crippen molar-refractivity contribution in [3.63, 3.8) is 0 Å². The highest BCUT2D eigenvalue weighted by Crippen LogP contribution is 2.07. The van der Waals surface area contributed by atoms with Gasteiger partial charge in [0, 0.05) is 12.1 Å². The largest absolute Gasteiger partial charge is 0.494 e. The Kier molecular flexibility index (Phi) is 6.11. The summed E-state index contributed by atoms with van der Waals surface area (Å²) in [7, 11) is 1.89. The van der Waals surface area contributed by atoms with Gasteiger partial charge in [0.1, 0.15) is 5.76 Å². The van der Waals surface area contributed by atoms with Crippen molar-refractivity contribution in [2.45, 2.75) is 6.92 Å². The number of ether oxygens (including phenoxy) is 1. The summed E-state index contributed by atoms with van der Waals surface area (Å²) in [6.45, 7) is 10.8. The highest BCUT2D eigenvalue weighted by molar-refractivity contribution is 5.28. The normalized spacial score (nSPS) is 11.0. The molecule has 0 saturated carbocycles. The molecule has 0 amide bonds. The Labute approximate surface area is 74.6 Å². The maximum atomic E-state index is 5.26. The minimum Gasteiger partial charge on any atom is -0.494 e. The summed E-state index contributed by atoms with van der Waals surface area (Å²) in [5.41, 5.74) is 1.04. The van der Waals surface area contributed by atoms with Gasteiger partial charge in [0.05, 0.1) is 6.61 Å². The molecule has 2 nitrogen and oxygen atoms in total. The lowest BCUT2D eigenvalue weighted by atomic mass is 10.2. The van der Waals surface area contributed by atoms with Crippen molar-refractivity contribution >= 4 is 0 Å². The molecule has 0 rings (SSSR count). The van der Waals surface area contributed by atoms with Crippen LogP contribution in [0.2, 0.25) is 0 Å². The zero-order chi connectivity index (χ0) is 9.40. The van der Waals surface area contributed by atoms with E-state index in [1.165, 1.54) is 0 Å². The van der Waals surface area contributed by atoms with Crippen molar-refractivity contribution in [1.82, 2.24) is 5.32 Å². The van der Waals surface area contributed by atoms with E-state index in [0.29, 0.717) is 12.4 Å². The Bertz CT molecular complexity index is 182. The van der Waals surface area contributed by atoms with Crippen LogP contribution in [0.3, 0.4) is 0 Å². The van der Waals surface area contributed by atoms with Crippen LogP contribution in [0.25, 0.3) is 0 Å². The zero-order valence-electron chi connectivity index (χ0n) is 7.89. The van der Waals surface area contributed by atoms with Gasteiger partial charge in [-0.15, -0.1) is 0 Å². The van der Waals surface area contributed by atoms with Gasteiger partial charge in [0.15, 0.2) is 0 Å². The van der Waals surface area contributed by atoms with Crippen LogP contribution in [0.5, 0.6) is 0 Å². The first-order chi connectivity index (χ1) is 5.76. The molecule has 0 fully saturated rings. The number of hydrogen-bond acceptors (Lipinski definition) is 2. The van der Waals surface area contributed by atoms with Crippen molar-refractivity contribution in [3.8, 4) is 0 Å². The Hall–Kier alpha value is -1.02. The molecule has 0 unspecified atom stereocenters. The van der Waals surface area contributed by atoms with E-state index in [0.717, 1.165) is 12.1 Å². The second kappa shape index (κ2) is 6.68. The molecule has 0 aromatic heterocycles. The lowest BCUT2D eigenvalue weighted by Gasteiger charge is -2.09. The molecule has 0 heterocycles. The van der Waals surface area contributed by atoms with Gasteiger partial charge in [-0.05, 0) is 14.0 Å². The second-order valence-electron chi connectivity index (χ2n) is 2.31. The van der Waals surface area contributed by atoms with Crippen LogP contribution in [0.15, 0.2) is 36.6 Å². The third-order valence-electron chi connectivity index (χ3n) is 1.36. The van der Waals surface area contributed by atoms with Crippen molar-refractivity contribution in [1.29, 1.82) is 0 Å². The van der Waals surface area contributed by atoms with E-state index < -0.39 is 0 Å². The lowest BCUT2D eigenvalue weighted by Crippen LogP contribution is -2.12. The minimum absolute atomic E-state index is 0.650. The number of nitrogens with one attached hydrogen (secondary N) is 1. The molecule has 0 aromatic carbocycles. The summed E-state index contributed by atoms with van der Waals surface area (Å²) in [6, 6.07) is 0. The molecule has 0 spiro atoms. The third kappa shape index (κ3) is 3.98. The Morgan fingerprint density at radius 2 is 2.25 bits per heavy atom. The molecule has 1 N–H and O–H groups in total. The molecular formula is C10H17NO. The van der Waals surface area contributed by atoms with Crippen LogP contribution in [-0.2, 0) is 4.74 Å². The first-order valence-electron chi connectivity index (χ1n) is 4.04. The van der Waals surface area contributed by atoms with Crippen molar-refractivity contribution in [3.05, 3.63) is 36.6 Å². The Morgan fingerprint density at radius 3 is 2.67 bits per heavy atom. The summed E-state index contributed by atoms with van der Waals surface area (Å²) >= 11 is 0. The number of allylic oxidation sites excluding steroid dienone is 2. The van der Waals surface area contributed by atoms with Crippen LogP contribution in [0.1, 0.15) is 6.92 Å². The number of likely N-dealkylation sites (N-methyl/N-ethyl adjacent to an activating group) is 1. The van der Waals surface area contributed by atoms with Crippen LogP contribution in [0.4, 0.5) is 0 Å². The fraction of sp³-hybridized carbons (Fsp3) is 0.400. The molecule has 0 saturated heterocycles. The van der Waals surface area contributed by atoms with Crippen molar-refractivity contribution in [2.24, 2.45) is 0 Å². The molecule has 0 aliphatic heterocycles. The summed E-state index contributed by atoms with van der Waals surface area (Å²) in [4.78, 5) is 0. The smallest absolute Gasteiger partial charge is 0.116 e. The molecule has 0 aliphatic carbocycles. The van der Waals surface area contributed by atoms with Gasteiger partial charge in [0.2, 0.25) is 0 Å². The number of rotatable bonds is 6. The topological polar surface area (TPSA) is 21.3 Å². The highest BCUT2D eigenvalue weighted by Gasteiger charge is 1.99. The lowest BCUT2D eigenvalue weighted by molar-refractivity contribution is 0.238. The molecule has 0 atom stereocenters. The molecule has 0 radical (unpaired) electrons. The van der Waals surface area contributed by atoms with E-state index in [9.17, 15) is 0 Å². The molecule has 0 aromatic rings. The van der Waals surface area contributed by atoms with Crippen LogP contribution in [-0.4, -0.2) is 20.2 Å². The van der Waals surface area contributed by atoms with Crippen LogP contribution < -0.4 is 5.32 Å². The maximum absolute atomic E-state index is 5.26. The zero-order valence-corrected chi connectivity index (χ0v) is 7.89. The van der Waals surface area contributed by atoms with Crippen LogP contribution >= 0.6 is 0 Å². The highest BCUT2D eigenvalue weighted by atomic mass is 16.5. The Balaban J connectivity index is 4.19. The van der Waals surface area contributed by atoms with Gasteiger partial charge in [-0.2, -0.15) is 0 Å². The predicted molar refractivity (Wildman–Crippen MR) is 53.0 cm³/mol. The molecule has 0 aliphatic rings. The Morgan fingerprint density at radius 1 is 1.58 bits per heavy atom. The fourth-order valence-electron chi connectivity index (χ4n) is 0.850. The first-order valence-corrected chi connectivity index (χ1v) is 4.04. The molecule has 2 heteroatoms. The average Bonchev–Trinajstić information content (AvgIpc) is 2.04. The summed E-state index contributed by atoms with van der Waals surface area (Å²) in [5.74, 6) is 0.715. The maximum Gasteiger partial charge on any atom is 0.116 e. The molecular weight excluding hydrogens is 150 g/mol. The van der Waals surface area contributed by atoms with Gasteiger partial charge in [-0.3, -0.25) is 0 Å². The molecule has 0 bridgehead atoms. The standard InChI is InChI=1S/C10H17NO/c1-5-7-10(8-11-4)9(3)12-6-2/h5,7,11H,1,3,6,8H2,2,4H3/b10-7-. The SMILES string of the molecule is C=C/C=C(/CNC)C(=C)OCC. The first kappa shape index (κ1) is 11.0. The van der Waals surface area contributed by atoms with E-state index in [1.807, 2.05) is 20.0 Å². The van der Waals surface area contributed by atoms with E-state index in [4.69, 9.17) is 4.74 Å². The van der Waals surface area contributed by atoms with Crippen molar-refractivity contribution < 1.29 is 4.74 Å². The summed E-state index contributed by atoms with van der Waals surface area (Å²) < 4.78 is 5.26. The van der Waals surface area contributed by atoms with E-state index in [2.05, 4.69) is 18.5 Å². The summed E-state index contributed by atoms with van der Waals surface area (Å²) in [5, 5.41) is 3.04. The van der Waals surface area contributed by atoms with Gasteiger partial charge in [-0.1, -0.05) is 25.3 Å². The quantitative estimate of drug-likeness (QED) is 0.481. The van der Waals surface area contributed by atoms with E-state index in [-0.39, 0.29) is 0 Å². The summed E-state index contributed by atoms with van der Waals surface area (Å²) in [6.07, 6.45) is 3.63. The third-order valence-corrected chi connectivity index (χ3v) is 1.36. The minimum atomic E-state index is 0.650.